The number of hydrogen-bond donors (Lipinski definition) is 7. The third kappa shape index (κ3) is 33.4. The molecular formula is C61H104O15. The van der Waals surface area contributed by atoms with Crippen LogP contribution in [0.2, 0.25) is 0 Å². The molecule has 0 spiro atoms. The van der Waals surface area contributed by atoms with Gasteiger partial charge in [0.1, 0.15) is 55.4 Å². The standard InChI is InChI=1S/C61H104O15/c1-3-5-7-9-11-13-15-17-19-21-22-23-24-25-26-28-29-31-33-35-37-39-41-43-52(63)71-46-49(74-53(64)44-42-40-38-36-34-32-30-27-20-18-16-14-12-10-8-6-4-2)47-72-60-59(70)57(68)55(66)51(76-60)48-73-61-58(69)56(67)54(65)50(45-62)75-61/h6,8,12,14-15,17-18,20-22,30,32,49-51,54-62,65-70H,3-5,7,9-11,13,16,19,23-29,31,33-48H2,1-2H3/b8-6-,14-12-,17-15-,20-18-,22-21-,32-30-. The van der Waals surface area contributed by atoms with E-state index in [4.69, 9.17) is 28.4 Å². The molecule has 2 aliphatic heterocycles. The molecule has 2 rings (SSSR count). The third-order valence-corrected chi connectivity index (χ3v) is 13.7. The van der Waals surface area contributed by atoms with Crippen LogP contribution in [-0.2, 0) is 38.0 Å². The normalized spacial score (nSPS) is 24.9. The molecule has 2 saturated heterocycles. The zero-order valence-electron chi connectivity index (χ0n) is 46.7. The highest BCUT2D eigenvalue weighted by Crippen LogP contribution is 2.27. The van der Waals surface area contributed by atoms with Crippen LogP contribution < -0.4 is 0 Å². The van der Waals surface area contributed by atoms with Gasteiger partial charge in [0.2, 0.25) is 0 Å². The first-order valence-electron chi connectivity index (χ1n) is 29.5. The topological polar surface area (TPSA) is 231 Å². The molecule has 438 valence electrons. The van der Waals surface area contributed by atoms with Gasteiger partial charge in [-0.05, 0) is 83.5 Å². The fraction of sp³-hybridized carbons (Fsp3) is 0.770. The Bertz CT molecular complexity index is 1590. The van der Waals surface area contributed by atoms with Crippen LogP contribution in [0.5, 0.6) is 0 Å². The molecule has 15 nitrogen and oxygen atoms in total. The van der Waals surface area contributed by atoms with Crippen LogP contribution in [0.3, 0.4) is 0 Å². The van der Waals surface area contributed by atoms with Gasteiger partial charge in [-0.3, -0.25) is 9.59 Å². The van der Waals surface area contributed by atoms with Gasteiger partial charge in [0.25, 0.3) is 0 Å². The second-order valence-corrected chi connectivity index (χ2v) is 20.4. The second kappa shape index (κ2) is 46.8. The Kier molecular flexibility index (Phi) is 42.5. The lowest BCUT2D eigenvalue weighted by molar-refractivity contribution is -0.332. The molecule has 76 heavy (non-hydrogen) atoms. The van der Waals surface area contributed by atoms with Crippen LogP contribution in [0, 0.1) is 0 Å². The van der Waals surface area contributed by atoms with Crippen molar-refractivity contribution >= 4 is 11.9 Å². The molecule has 0 amide bonds. The summed E-state index contributed by atoms with van der Waals surface area (Å²) in [6, 6.07) is 0. The van der Waals surface area contributed by atoms with Crippen LogP contribution in [0.15, 0.2) is 72.9 Å². The SMILES string of the molecule is CC/C=C\C/C=C\C/C=C\C/C=C\CCCCCCC(=O)OC(COC(=O)CCCCCCCCCCCCC/C=C\C/C=C\CCCCCCC)COC1OC(COC2OC(CO)C(O)C(O)C2O)C(O)C(O)C1O. The van der Waals surface area contributed by atoms with E-state index < -0.39 is 99.3 Å². The fourth-order valence-electron chi connectivity index (χ4n) is 8.89. The van der Waals surface area contributed by atoms with Gasteiger partial charge in [-0.1, -0.05) is 183 Å². The van der Waals surface area contributed by atoms with Gasteiger partial charge in [0.15, 0.2) is 18.7 Å². The lowest BCUT2D eigenvalue weighted by Crippen LogP contribution is -2.61. The minimum Gasteiger partial charge on any atom is -0.462 e. The summed E-state index contributed by atoms with van der Waals surface area (Å²) in [5, 5.41) is 72.3. The summed E-state index contributed by atoms with van der Waals surface area (Å²) in [5.74, 6) is -0.955. The van der Waals surface area contributed by atoms with Gasteiger partial charge in [-0.15, -0.1) is 0 Å². The summed E-state index contributed by atoms with van der Waals surface area (Å²) >= 11 is 0. The highest BCUT2D eigenvalue weighted by atomic mass is 16.7. The van der Waals surface area contributed by atoms with Gasteiger partial charge < -0.3 is 64.2 Å². The lowest BCUT2D eigenvalue weighted by Gasteiger charge is -2.42. The van der Waals surface area contributed by atoms with E-state index in [1.807, 2.05) is 0 Å². The molecule has 0 aromatic carbocycles. The average molecular weight is 1080 g/mol. The summed E-state index contributed by atoms with van der Waals surface area (Å²) in [7, 11) is 0. The molecule has 0 aromatic rings. The van der Waals surface area contributed by atoms with E-state index in [1.54, 1.807) is 0 Å². The molecule has 0 saturated carbocycles. The van der Waals surface area contributed by atoms with Crippen LogP contribution in [0.4, 0.5) is 0 Å². The van der Waals surface area contributed by atoms with E-state index >= 15 is 0 Å². The summed E-state index contributed by atoms with van der Waals surface area (Å²) in [5.41, 5.74) is 0. The molecule has 2 heterocycles. The van der Waals surface area contributed by atoms with Gasteiger partial charge in [0, 0.05) is 12.8 Å². The highest BCUT2D eigenvalue weighted by Gasteiger charge is 2.47. The van der Waals surface area contributed by atoms with Crippen molar-refractivity contribution in [2.24, 2.45) is 0 Å². The maximum atomic E-state index is 13.1. The first-order chi connectivity index (χ1) is 37.0. The first kappa shape index (κ1) is 69.0. The van der Waals surface area contributed by atoms with Gasteiger partial charge in [-0.25, -0.2) is 0 Å². The maximum absolute atomic E-state index is 13.1. The van der Waals surface area contributed by atoms with Crippen molar-refractivity contribution in [3.05, 3.63) is 72.9 Å². The largest absolute Gasteiger partial charge is 0.462 e. The van der Waals surface area contributed by atoms with E-state index in [-0.39, 0.29) is 19.4 Å². The summed E-state index contributed by atoms with van der Waals surface area (Å²) in [6.45, 7) is 2.45. The van der Waals surface area contributed by atoms with Crippen molar-refractivity contribution < 1.29 is 73.8 Å². The van der Waals surface area contributed by atoms with Gasteiger partial charge in [-0.2, -0.15) is 0 Å². The van der Waals surface area contributed by atoms with E-state index in [2.05, 4.69) is 86.8 Å². The van der Waals surface area contributed by atoms with E-state index in [9.17, 15) is 45.3 Å². The molecule has 7 N–H and O–H groups in total. The number of carbonyl (C=O) groups is 2. The van der Waals surface area contributed by atoms with E-state index in [0.29, 0.717) is 12.8 Å². The Morgan fingerprint density at radius 3 is 1.30 bits per heavy atom. The van der Waals surface area contributed by atoms with Crippen LogP contribution in [0.1, 0.15) is 206 Å². The minimum absolute atomic E-state index is 0.134. The Balaban J connectivity index is 1.75. The van der Waals surface area contributed by atoms with Crippen LogP contribution in [0.25, 0.3) is 0 Å². The molecule has 0 aromatic heterocycles. The second-order valence-electron chi connectivity index (χ2n) is 20.4. The number of aliphatic hydroxyl groups excluding tert-OH is 7. The van der Waals surface area contributed by atoms with E-state index in [1.165, 1.54) is 83.5 Å². The van der Waals surface area contributed by atoms with E-state index in [0.717, 1.165) is 83.5 Å². The Hall–Kier alpha value is -3.06. The predicted molar refractivity (Wildman–Crippen MR) is 298 cm³/mol. The number of ether oxygens (including phenoxy) is 6. The molecular weight excluding hydrogens is 973 g/mol. The van der Waals surface area contributed by atoms with Crippen molar-refractivity contribution in [1.82, 2.24) is 0 Å². The number of esters is 2. The summed E-state index contributed by atoms with van der Waals surface area (Å²) in [4.78, 5) is 25.9. The summed E-state index contributed by atoms with van der Waals surface area (Å²) in [6.07, 6.45) is 40.6. The van der Waals surface area contributed by atoms with Crippen molar-refractivity contribution in [3.8, 4) is 0 Å². The lowest BCUT2D eigenvalue weighted by atomic mass is 9.98. The molecule has 0 bridgehead atoms. The zero-order chi connectivity index (χ0) is 55.3. The molecule has 11 atom stereocenters. The molecule has 0 aliphatic carbocycles. The van der Waals surface area contributed by atoms with Gasteiger partial charge >= 0.3 is 11.9 Å². The van der Waals surface area contributed by atoms with Gasteiger partial charge in [0.05, 0.1) is 19.8 Å². The number of unbranched alkanes of at least 4 members (excludes halogenated alkanes) is 20. The van der Waals surface area contributed by atoms with Crippen LogP contribution >= 0.6 is 0 Å². The molecule has 2 fully saturated rings. The fourth-order valence-corrected chi connectivity index (χ4v) is 8.89. The predicted octanol–water partition coefficient (Wildman–Crippen LogP) is 10.2. The average Bonchev–Trinajstić information content (AvgIpc) is 3.41. The quantitative estimate of drug-likeness (QED) is 0.0171. The molecule has 11 unspecified atom stereocenters. The smallest absolute Gasteiger partial charge is 0.306 e. The number of rotatable bonds is 46. The number of carbonyl (C=O) groups excluding carboxylic acids is 2. The Labute approximate surface area is 457 Å². The molecule has 2 aliphatic rings. The van der Waals surface area contributed by atoms with Crippen LogP contribution in [-0.4, -0.2) is 142 Å². The maximum Gasteiger partial charge on any atom is 0.306 e. The number of allylic oxidation sites excluding steroid dienone is 12. The first-order valence-corrected chi connectivity index (χ1v) is 29.5. The molecule has 0 radical (unpaired) electrons. The minimum atomic E-state index is -1.77. The third-order valence-electron chi connectivity index (χ3n) is 13.7. The summed E-state index contributed by atoms with van der Waals surface area (Å²) < 4.78 is 33.7. The van der Waals surface area contributed by atoms with Crippen molar-refractivity contribution in [3.63, 3.8) is 0 Å². The zero-order valence-corrected chi connectivity index (χ0v) is 46.7. The Morgan fingerprint density at radius 2 is 0.829 bits per heavy atom. The molecule has 15 heteroatoms. The number of aliphatic hydroxyl groups is 7. The van der Waals surface area contributed by atoms with Crippen molar-refractivity contribution in [1.29, 1.82) is 0 Å². The highest BCUT2D eigenvalue weighted by molar-refractivity contribution is 5.70. The monoisotopic (exact) mass is 1080 g/mol. The van der Waals surface area contributed by atoms with Crippen molar-refractivity contribution in [2.45, 2.75) is 274 Å². The van der Waals surface area contributed by atoms with Crippen molar-refractivity contribution in [2.75, 3.05) is 26.4 Å². The number of hydrogen-bond acceptors (Lipinski definition) is 15. The Morgan fingerprint density at radius 1 is 0.434 bits per heavy atom.